The number of aliphatic hydroxyl groups is 1. The number of methoxy groups -OCH3 is 3. The van der Waals surface area contributed by atoms with Gasteiger partial charge in [-0.1, -0.05) is 41.4 Å². The monoisotopic (exact) mass is 587 g/mol. The smallest absolute Gasteiger partial charge is 0.295 e. The van der Waals surface area contributed by atoms with E-state index < -0.39 is 23.5 Å². The highest BCUT2D eigenvalue weighted by atomic mass is 35.5. The van der Waals surface area contributed by atoms with Gasteiger partial charge in [0.1, 0.15) is 16.5 Å². The van der Waals surface area contributed by atoms with E-state index in [1.807, 2.05) is 0 Å². The number of phenolic OH excluding ortho intramolecular Hbond substituents is 1. The van der Waals surface area contributed by atoms with Crippen molar-refractivity contribution in [2.75, 3.05) is 27.9 Å². The van der Waals surface area contributed by atoms with Crippen molar-refractivity contribution in [3.63, 3.8) is 0 Å². The zero-order chi connectivity index (χ0) is 29.1. The van der Waals surface area contributed by atoms with Crippen molar-refractivity contribution in [2.24, 2.45) is 0 Å². The van der Waals surface area contributed by atoms with Gasteiger partial charge in [-0.3, -0.25) is 9.59 Å². The first-order valence-electron chi connectivity index (χ1n) is 12.1. The van der Waals surface area contributed by atoms with Crippen LogP contribution in [0.15, 0.2) is 54.1 Å². The molecule has 1 amide bonds. The average molecular weight is 588 g/mol. The Morgan fingerprint density at radius 1 is 0.950 bits per heavy atom. The third-order valence-electron chi connectivity index (χ3n) is 6.45. The maximum Gasteiger partial charge on any atom is 0.295 e. The van der Waals surface area contributed by atoms with Crippen LogP contribution in [-0.2, 0) is 16.1 Å². The maximum absolute atomic E-state index is 13.5. The van der Waals surface area contributed by atoms with Crippen LogP contribution in [0.3, 0.4) is 0 Å². The fourth-order valence-corrected chi connectivity index (χ4v) is 5.27. The van der Waals surface area contributed by atoms with E-state index in [4.69, 9.17) is 42.1 Å². The van der Waals surface area contributed by atoms with Crippen LogP contribution in [-0.4, -0.2) is 54.7 Å². The van der Waals surface area contributed by atoms with Crippen molar-refractivity contribution in [1.82, 2.24) is 4.90 Å². The van der Waals surface area contributed by atoms with E-state index >= 15 is 0 Å². The molecule has 11 heteroatoms. The molecule has 9 nitrogen and oxygen atoms in total. The number of Topliss-reactive ketones (excluding diaryl/α,β-unsaturated/α-hetero) is 1. The Labute approximate surface area is 241 Å². The Morgan fingerprint density at radius 3 is 2.23 bits per heavy atom. The summed E-state index contributed by atoms with van der Waals surface area (Å²) in [5.41, 5.74) is 0.904. The van der Waals surface area contributed by atoms with Gasteiger partial charge in [-0.25, -0.2) is 0 Å². The zero-order valence-electron chi connectivity index (χ0n) is 22.2. The van der Waals surface area contributed by atoms with Gasteiger partial charge < -0.3 is 34.1 Å². The molecule has 1 fully saturated rings. The van der Waals surface area contributed by atoms with Gasteiger partial charge in [0.05, 0.1) is 50.1 Å². The highest BCUT2D eigenvalue weighted by molar-refractivity contribution is 6.47. The summed E-state index contributed by atoms with van der Waals surface area (Å²) in [6, 6.07) is 11.8. The minimum Gasteiger partial charge on any atom is -0.507 e. The van der Waals surface area contributed by atoms with Gasteiger partial charge in [0, 0.05) is 6.54 Å². The lowest BCUT2D eigenvalue weighted by Gasteiger charge is -2.26. The number of hydrogen-bond acceptors (Lipinski definition) is 8. The second kappa shape index (κ2) is 12.0. The fourth-order valence-electron chi connectivity index (χ4n) is 4.58. The highest BCUT2D eigenvalue weighted by Gasteiger charge is 2.46. The number of ketones is 1. The zero-order valence-corrected chi connectivity index (χ0v) is 23.7. The minimum absolute atomic E-state index is 0.00114. The van der Waals surface area contributed by atoms with Gasteiger partial charge in [0.25, 0.3) is 11.7 Å². The number of phenols is 1. The molecule has 1 unspecified atom stereocenters. The molecule has 3 aromatic rings. The lowest BCUT2D eigenvalue weighted by Crippen LogP contribution is -2.29. The number of likely N-dealkylation sites (tertiary alicyclic amines) is 1. The Morgan fingerprint density at radius 2 is 1.62 bits per heavy atom. The Bertz CT molecular complexity index is 1490. The van der Waals surface area contributed by atoms with E-state index in [0.717, 1.165) is 0 Å². The van der Waals surface area contributed by atoms with E-state index in [9.17, 15) is 19.8 Å². The summed E-state index contributed by atoms with van der Waals surface area (Å²) in [7, 11) is 4.25. The van der Waals surface area contributed by atoms with Crippen LogP contribution >= 0.6 is 23.2 Å². The van der Waals surface area contributed by atoms with Crippen LogP contribution in [0, 0.1) is 0 Å². The predicted octanol–water partition coefficient (Wildman–Crippen LogP) is 5.75. The number of carbonyl (C=O) groups excluding carboxylic acids is 2. The molecule has 1 aliphatic rings. The SMILES string of the molecule is CCOc1cc(C2/C(=C(\O)c3cc(Cl)c(OC)c(Cl)c3OC)C(=O)C(=O)N2Cc2ccc(OC)cc2)ccc1O. The fraction of sp³-hybridized carbons (Fsp3) is 0.241. The van der Waals surface area contributed by atoms with E-state index in [-0.39, 0.29) is 57.3 Å². The van der Waals surface area contributed by atoms with E-state index in [1.165, 1.54) is 37.3 Å². The van der Waals surface area contributed by atoms with E-state index in [1.54, 1.807) is 44.4 Å². The summed E-state index contributed by atoms with van der Waals surface area (Å²) in [5, 5.41) is 21.9. The van der Waals surface area contributed by atoms with Gasteiger partial charge in [0.2, 0.25) is 0 Å². The normalized spacial score (nSPS) is 16.2. The number of ether oxygens (including phenoxy) is 4. The van der Waals surface area contributed by atoms with Crippen molar-refractivity contribution in [3.8, 4) is 28.7 Å². The van der Waals surface area contributed by atoms with Crippen LogP contribution in [0.5, 0.6) is 28.7 Å². The second-order valence-electron chi connectivity index (χ2n) is 8.72. The number of carbonyl (C=O) groups is 2. The number of aromatic hydroxyl groups is 1. The maximum atomic E-state index is 13.5. The molecule has 3 aromatic carbocycles. The van der Waals surface area contributed by atoms with Crippen LogP contribution in [0.25, 0.3) is 5.76 Å². The summed E-state index contributed by atoms with van der Waals surface area (Å²) in [5.74, 6) is -1.52. The quantitative estimate of drug-likeness (QED) is 0.185. The summed E-state index contributed by atoms with van der Waals surface area (Å²) in [4.78, 5) is 28.3. The molecule has 2 N–H and O–H groups in total. The van der Waals surface area contributed by atoms with Crippen LogP contribution in [0.1, 0.15) is 29.7 Å². The van der Waals surface area contributed by atoms with Crippen molar-refractivity contribution >= 4 is 40.7 Å². The molecule has 210 valence electrons. The number of benzene rings is 3. The first-order chi connectivity index (χ1) is 19.2. The van der Waals surface area contributed by atoms with Gasteiger partial charge in [-0.2, -0.15) is 0 Å². The molecule has 0 bridgehead atoms. The van der Waals surface area contributed by atoms with Crippen LogP contribution in [0.4, 0.5) is 0 Å². The number of aliphatic hydroxyl groups excluding tert-OH is 1. The highest BCUT2D eigenvalue weighted by Crippen LogP contribution is 2.48. The number of rotatable bonds is 9. The molecular formula is C29H27Cl2NO8. The van der Waals surface area contributed by atoms with Gasteiger partial charge >= 0.3 is 0 Å². The molecule has 40 heavy (non-hydrogen) atoms. The number of amides is 1. The summed E-state index contributed by atoms with van der Waals surface area (Å²) < 4.78 is 21.4. The lowest BCUT2D eigenvalue weighted by molar-refractivity contribution is -0.140. The van der Waals surface area contributed by atoms with E-state index in [0.29, 0.717) is 16.9 Å². The van der Waals surface area contributed by atoms with Crippen molar-refractivity contribution in [2.45, 2.75) is 19.5 Å². The third-order valence-corrected chi connectivity index (χ3v) is 7.07. The first-order valence-corrected chi connectivity index (χ1v) is 12.9. The molecular weight excluding hydrogens is 561 g/mol. The third kappa shape index (κ3) is 5.22. The second-order valence-corrected chi connectivity index (χ2v) is 9.51. The molecule has 1 heterocycles. The number of nitrogens with zero attached hydrogens (tertiary/aromatic N) is 1. The van der Waals surface area contributed by atoms with Gasteiger partial charge in [-0.15, -0.1) is 0 Å². The van der Waals surface area contributed by atoms with E-state index in [2.05, 4.69) is 0 Å². The molecule has 1 saturated heterocycles. The lowest BCUT2D eigenvalue weighted by atomic mass is 9.94. The Hall–Kier alpha value is -4.08. The molecule has 0 aliphatic carbocycles. The van der Waals surface area contributed by atoms with Crippen LogP contribution < -0.4 is 18.9 Å². The molecule has 4 rings (SSSR count). The summed E-state index contributed by atoms with van der Waals surface area (Å²) in [6.45, 7) is 2.05. The number of halogens is 2. The Balaban J connectivity index is 1.95. The van der Waals surface area contributed by atoms with Crippen molar-refractivity contribution in [1.29, 1.82) is 0 Å². The first kappa shape index (κ1) is 28.9. The molecule has 0 radical (unpaired) electrons. The van der Waals surface area contributed by atoms with Crippen molar-refractivity contribution in [3.05, 3.63) is 80.8 Å². The topological polar surface area (TPSA) is 115 Å². The van der Waals surface area contributed by atoms with Crippen molar-refractivity contribution < 1.29 is 38.7 Å². The minimum atomic E-state index is -1.06. The molecule has 1 atom stereocenters. The largest absolute Gasteiger partial charge is 0.507 e. The summed E-state index contributed by atoms with van der Waals surface area (Å²) in [6.07, 6.45) is 0. The Kier molecular flexibility index (Phi) is 8.66. The van der Waals surface area contributed by atoms with Gasteiger partial charge in [-0.05, 0) is 48.4 Å². The summed E-state index contributed by atoms with van der Waals surface area (Å²) >= 11 is 12.8. The molecule has 1 aliphatic heterocycles. The molecule has 0 aromatic heterocycles. The van der Waals surface area contributed by atoms with Gasteiger partial charge in [0.15, 0.2) is 23.0 Å². The molecule has 0 saturated carbocycles. The molecule has 0 spiro atoms. The van der Waals surface area contributed by atoms with Crippen LogP contribution in [0.2, 0.25) is 10.0 Å². The average Bonchev–Trinajstić information content (AvgIpc) is 3.19. The standard InChI is InChI=1S/C29H27Cl2NO8/c1-5-40-21-12-16(8-11-20(21)33)24-22(25(34)18-13-19(30)28(39-4)23(31)27(18)38-3)26(35)29(36)32(24)14-15-6-9-17(37-2)10-7-15/h6-13,24,33-34H,5,14H2,1-4H3/b25-22+. The predicted molar refractivity (Wildman–Crippen MR) is 150 cm³/mol. The number of hydrogen-bond donors (Lipinski definition) is 2.